The molecule has 0 aliphatic heterocycles. The van der Waals surface area contributed by atoms with Crippen LogP contribution in [0.15, 0.2) is 58.4 Å². The summed E-state index contributed by atoms with van der Waals surface area (Å²) in [4.78, 5) is 12.1. The van der Waals surface area contributed by atoms with Crippen LogP contribution in [-0.2, 0) is 10.0 Å². The van der Waals surface area contributed by atoms with Crippen molar-refractivity contribution < 1.29 is 12.8 Å². The number of hydrogen-bond donors (Lipinski definition) is 1. The monoisotopic (exact) mass is 427 g/mol. The third kappa shape index (κ3) is 3.97. The van der Waals surface area contributed by atoms with Gasteiger partial charge >= 0.3 is 0 Å². The lowest BCUT2D eigenvalue weighted by Gasteiger charge is -2.11. The molecule has 0 spiro atoms. The Morgan fingerprint density at radius 3 is 2.41 bits per heavy atom. The first-order chi connectivity index (χ1) is 12.7. The molecule has 0 fully saturated rings. The van der Waals surface area contributed by atoms with Gasteiger partial charge < -0.3 is 0 Å². The molecule has 1 heterocycles. The van der Waals surface area contributed by atoms with Crippen molar-refractivity contribution in [1.29, 1.82) is 0 Å². The highest BCUT2D eigenvalue weighted by Gasteiger charge is 2.16. The van der Waals surface area contributed by atoms with Gasteiger partial charge in [-0.3, -0.25) is 9.52 Å². The zero-order valence-electron chi connectivity index (χ0n) is 13.8. The molecule has 0 unspecified atom stereocenters. The third-order valence-electron chi connectivity index (χ3n) is 3.70. The summed E-state index contributed by atoms with van der Waals surface area (Å²) >= 11 is 11.6. The number of hydrogen-bond acceptors (Lipinski definition) is 4. The van der Waals surface area contributed by atoms with Gasteiger partial charge in [0.25, 0.3) is 15.6 Å². The highest BCUT2D eigenvalue weighted by molar-refractivity contribution is 7.92. The van der Waals surface area contributed by atoms with Gasteiger partial charge in [0, 0.05) is 0 Å². The quantitative estimate of drug-likeness (QED) is 0.686. The van der Waals surface area contributed by atoms with Crippen LogP contribution in [0.3, 0.4) is 0 Å². The Bertz CT molecular complexity index is 1180. The van der Waals surface area contributed by atoms with Crippen molar-refractivity contribution in [2.24, 2.45) is 0 Å². The van der Waals surface area contributed by atoms with Gasteiger partial charge in [-0.05, 0) is 55.0 Å². The average molecular weight is 428 g/mol. The molecule has 0 radical (unpaired) electrons. The number of nitrogens with zero attached hydrogens (tertiary/aromatic N) is 2. The van der Waals surface area contributed by atoms with E-state index >= 15 is 0 Å². The smallest absolute Gasteiger partial charge is 0.279 e. The number of nitrogens with one attached hydrogen (secondary N) is 1. The molecule has 6 nitrogen and oxygen atoms in total. The van der Waals surface area contributed by atoms with Gasteiger partial charge in [0.2, 0.25) is 0 Å². The van der Waals surface area contributed by atoms with E-state index in [0.717, 1.165) is 10.7 Å². The second-order valence-electron chi connectivity index (χ2n) is 5.58. The van der Waals surface area contributed by atoms with Gasteiger partial charge in [-0.2, -0.15) is 9.78 Å². The highest BCUT2D eigenvalue weighted by Crippen LogP contribution is 2.22. The Kier molecular flexibility index (Phi) is 5.23. The average Bonchev–Trinajstić information content (AvgIpc) is 2.62. The van der Waals surface area contributed by atoms with Crippen LogP contribution in [0.2, 0.25) is 10.0 Å². The Labute approximate surface area is 164 Å². The van der Waals surface area contributed by atoms with E-state index in [9.17, 15) is 17.6 Å². The van der Waals surface area contributed by atoms with E-state index in [4.69, 9.17) is 23.2 Å². The molecule has 1 aromatic heterocycles. The molecule has 10 heteroatoms. The molecule has 0 aliphatic rings. The van der Waals surface area contributed by atoms with Crippen LogP contribution in [0.4, 0.5) is 10.1 Å². The molecule has 0 saturated carbocycles. The van der Waals surface area contributed by atoms with Crippen molar-refractivity contribution >= 4 is 38.9 Å². The molecule has 2 aromatic carbocycles. The van der Waals surface area contributed by atoms with Crippen molar-refractivity contribution in [2.75, 3.05) is 4.72 Å². The summed E-state index contributed by atoms with van der Waals surface area (Å²) < 4.78 is 41.6. The number of sulfonamides is 1. The molecular weight excluding hydrogens is 416 g/mol. The lowest BCUT2D eigenvalue weighted by Crippen LogP contribution is -2.21. The van der Waals surface area contributed by atoms with Crippen molar-refractivity contribution in [1.82, 2.24) is 9.78 Å². The molecule has 0 bridgehead atoms. The number of aromatic nitrogens is 2. The summed E-state index contributed by atoms with van der Waals surface area (Å²) in [7, 11) is -3.90. The first-order valence-corrected chi connectivity index (χ1v) is 9.76. The fraction of sp³-hybridized carbons (Fsp3) is 0.0588. The van der Waals surface area contributed by atoms with E-state index in [1.807, 2.05) is 0 Å². The van der Waals surface area contributed by atoms with Gasteiger partial charge in [0.1, 0.15) is 10.8 Å². The van der Waals surface area contributed by atoms with Crippen LogP contribution >= 0.6 is 23.2 Å². The van der Waals surface area contributed by atoms with Crippen molar-refractivity contribution in [3.05, 3.63) is 80.4 Å². The maximum atomic E-state index is 13.2. The fourth-order valence-electron chi connectivity index (χ4n) is 2.31. The minimum absolute atomic E-state index is 0.0241. The molecule has 0 saturated heterocycles. The number of anilines is 1. The molecule has 0 amide bonds. The topological polar surface area (TPSA) is 81.1 Å². The van der Waals surface area contributed by atoms with Crippen LogP contribution < -0.4 is 10.3 Å². The molecular formula is C17H12Cl2FN3O3S. The second-order valence-corrected chi connectivity index (χ2v) is 8.05. The van der Waals surface area contributed by atoms with E-state index in [2.05, 4.69) is 9.82 Å². The number of aryl methyl sites for hydroxylation is 1. The minimum atomic E-state index is -3.90. The van der Waals surface area contributed by atoms with Crippen LogP contribution in [-0.4, -0.2) is 18.2 Å². The number of benzene rings is 2. The summed E-state index contributed by atoms with van der Waals surface area (Å²) in [6.45, 7) is 1.59. The maximum Gasteiger partial charge on any atom is 0.291 e. The van der Waals surface area contributed by atoms with Crippen LogP contribution in [0.25, 0.3) is 5.69 Å². The zero-order chi connectivity index (χ0) is 19.8. The zero-order valence-corrected chi connectivity index (χ0v) is 16.1. The van der Waals surface area contributed by atoms with Gasteiger partial charge in [0.05, 0.1) is 27.5 Å². The van der Waals surface area contributed by atoms with Crippen LogP contribution in [0.1, 0.15) is 5.56 Å². The Morgan fingerprint density at radius 2 is 1.78 bits per heavy atom. The van der Waals surface area contributed by atoms with Crippen molar-refractivity contribution in [2.45, 2.75) is 11.8 Å². The Balaban J connectivity index is 1.93. The molecule has 3 aromatic rings. The highest BCUT2D eigenvalue weighted by atomic mass is 35.5. The number of rotatable bonds is 4. The third-order valence-corrected chi connectivity index (χ3v) is 5.83. The van der Waals surface area contributed by atoms with Crippen LogP contribution in [0, 0.1) is 12.7 Å². The standard InChI is InChI=1S/C17H12Cl2FN3O3S/c1-10-8-11(20)2-7-15(10)22-27(25,26)13-5-3-12(4-6-13)23-17(24)16(19)14(18)9-21-23/h2-9,22H,1H3. The summed E-state index contributed by atoms with van der Waals surface area (Å²) in [6.07, 6.45) is 1.22. The van der Waals surface area contributed by atoms with E-state index in [1.54, 1.807) is 6.92 Å². The summed E-state index contributed by atoms with van der Waals surface area (Å²) in [5, 5.41) is 3.72. The van der Waals surface area contributed by atoms with E-state index in [0.29, 0.717) is 11.3 Å². The van der Waals surface area contributed by atoms with Gasteiger partial charge in [0.15, 0.2) is 0 Å². The minimum Gasteiger partial charge on any atom is -0.279 e. The van der Waals surface area contributed by atoms with E-state index in [1.165, 1.54) is 42.6 Å². The normalized spacial score (nSPS) is 11.4. The number of halogens is 3. The first-order valence-electron chi connectivity index (χ1n) is 7.52. The Morgan fingerprint density at radius 1 is 1.11 bits per heavy atom. The molecule has 27 heavy (non-hydrogen) atoms. The van der Waals surface area contributed by atoms with Gasteiger partial charge in [-0.15, -0.1) is 0 Å². The largest absolute Gasteiger partial charge is 0.291 e. The van der Waals surface area contributed by atoms with E-state index < -0.39 is 21.4 Å². The van der Waals surface area contributed by atoms with E-state index in [-0.39, 0.29) is 20.6 Å². The van der Waals surface area contributed by atoms with Gasteiger partial charge in [-0.1, -0.05) is 23.2 Å². The fourth-order valence-corrected chi connectivity index (χ4v) is 3.69. The summed E-state index contributed by atoms with van der Waals surface area (Å²) in [6, 6.07) is 9.17. The Hall–Kier alpha value is -2.42. The summed E-state index contributed by atoms with van der Waals surface area (Å²) in [5.74, 6) is -0.459. The SMILES string of the molecule is Cc1cc(F)ccc1NS(=O)(=O)c1ccc(-n2ncc(Cl)c(Cl)c2=O)cc1. The lowest BCUT2D eigenvalue weighted by atomic mass is 10.2. The van der Waals surface area contributed by atoms with Crippen LogP contribution in [0.5, 0.6) is 0 Å². The molecule has 1 N–H and O–H groups in total. The first kappa shape index (κ1) is 19.3. The van der Waals surface area contributed by atoms with Gasteiger partial charge in [-0.25, -0.2) is 12.8 Å². The second kappa shape index (κ2) is 7.30. The molecule has 3 rings (SSSR count). The predicted molar refractivity (Wildman–Crippen MR) is 102 cm³/mol. The molecule has 0 atom stereocenters. The lowest BCUT2D eigenvalue weighted by molar-refractivity contribution is 0.601. The predicted octanol–water partition coefficient (Wildman–Crippen LogP) is 3.79. The van der Waals surface area contributed by atoms with Crippen molar-refractivity contribution in [3.8, 4) is 5.69 Å². The van der Waals surface area contributed by atoms with Crippen molar-refractivity contribution in [3.63, 3.8) is 0 Å². The maximum absolute atomic E-state index is 13.2. The molecule has 0 aliphatic carbocycles. The molecule has 140 valence electrons. The summed E-state index contributed by atoms with van der Waals surface area (Å²) in [5.41, 5.74) is 0.403.